The van der Waals surface area contributed by atoms with E-state index in [9.17, 15) is 12.8 Å². The topological polar surface area (TPSA) is 63.4 Å². The Morgan fingerprint density at radius 1 is 1.35 bits per heavy atom. The fourth-order valence-electron chi connectivity index (χ4n) is 1.45. The molecular formula is C11H17FN2O2S. The molecule has 0 aliphatic rings. The summed E-state index contributed by atoms with van der Waals surface area (Å²) in [5.41, 5.74) is 5.45. The van der Waals surface area contributed by atoms with Crippen LogP contribution in [0.4, 0.5) is 10.1 Å². The van der Waals surface area contributed by atoms with Gasteiger partial charge in [0.1, 0.15) is 5.82 Å². The first-order valence-corrected chi connectivity index (χ1v) is 7.09. The highest BCUT2D eigenvalue weighted by atomic mass is 32.2. The van der Waals surface area contributed by atoms with Gasteiger partial charge in [0.05, 0.1) is 11.4 Å². The Morgan fingerprint density at radius 3 is 2.53 bits per heavy atom. The number of para-hydroxylation sites is 1. The summed E-state index contributed by atoms with van der Waals surface area (Å²) >= 11 is 0. The molecule has 0 amide bonds. The zero-order valence-corrected chi connectivity index (χ0v) is 10.6. The summed E-state index contributed by atoms with van der Waals surface area (Å²) in [5.74, 6) is -0.604. The highest BCUT2D eigenvalue weighted by Crippen LogP contribution is 2.22. The molecule has 17 heavy (non-hydrogen) atoms. The third-order valence-electron chi connectivity index (χ3n) is 2.39. The highest BCUT2D eigenvalue weighted by molar-refractivity contribution is 7.92. The van der Waals surface area contributed by atoms with Crippen LogP contribution in [0.1, 0.15) is 13.3 Å². The Kier molecular flexibility index (Phi) is 4.89. The van der Waals surface area contributed by atoms with Crippen LogP contribution >= 0.6 is 0 Å². The molecule has 0 aliphatic carbocycles. The van der Waals surface area contributed by atoms with E-state index in [1.54, 1.807) is 6.07 Å². The molecule has 2 N–H and O–H groups in total. The zero-order chi connectivity index (χ0) is 12.9. The van der Waals surface area contributed by atoms with Crippen molar-refractivity contribution in [1.29, 1.82) is 0 Å². The summed E-state index contributed by atoms with van der Waals surface area (Å²) in [6.07, 6.45) is 0.494. The van der Waals surface area contributed by atoms with Gasteiger partial charge in [-0.15, -0.1) is 0 Å². The molecule has 0 saturated heterocycles. The first-order chi connectivity index (χ1) is 8.03. The molecule has 0 heterocycles. The van der Waals surface area contributed by atoms with Crippen molar-refractivity contribution in [1.82, 2.24) is 0 Å². The molecule has 6 heteroatoms. The standard InChI is InChI=1S/C11H17FN2O2S/c1-2-17(15,16)14(9-5-8-13)11-7-4-3-6-10(11)12/h3-4,6-7H,2,5,8-9,13H2,1H3. The SMILES string of the molecule is CCS(=O)(=O)N(CCCN)c1ccccc1F. The molecule has 0 bridgehead atoms. The lowest BCUT2D eigenvalue weighted by Crippen LogP contribution is -2.34. The molecule has 1 aromatic carbocycles. The Bertz CT molecular complexity index is 462. The van der Waals surface area contributed by atoms with Gasteiger partial charge < -0.3 is 5.73 Å². The molecule has 4 nitrogen and oxygen atoms in total. The van der Waals surface area contributed by atoms with Crippen molar-refractivity contribution < 1.29 is 12.8 Å². The second-order valence-electron chi connectivity index (χ2n) is 3.57. The molecule has 0 radical (unpaired) electrons. The fourth-order valence-corrected chi connectivity index (χ4v) is 2.62. The van der Waals surface area contributed by atoms with Crippen molar-refractivity contribution in [2.45, 2.75) is 13.3 Å². The Morgan fingerprint density at radius 2 is 2.00 bits per heavy atom. The predicted octanol–water partition coefficient (Wildman–Crippen LogP) is 1.33. The quantitative estimate of drug-likeness (QED) is 0.839. The highest BCUT2D eigenvalue weighted by Gasteiger charge is 2.22. The van der Waals surface area contributed by atoms with Crippen LogP contribution in [-0.4, -0.2) is 27.3 Å². The van der Waals surface area contributed by atoms with Crippen LogP contribution in [-0.2, 0) is 10.0 Å². The minimum Gasteiger partial charge on any atom is -0.330 e. The van der Waals surface area contributed by atoms with E-state index in [-0.39, 0.29) is 18.0 Å². The Balaban J connectivity index is 3.11. The van der Waals surface area contributed by atoms with Gasteiger partial charge in [0.2, 0.25) is 10.0 Å². The van der Waals surface area contributed by atoms with Gasteiger partial charge in [-0.25, -0.2) is 12.8 Å². The summed E-state index contributed by atoms with van der Waals surface area (Å²) in [4.78, 5) is 0. The smallest absolute Gasteiger partial charge is 0.234 e. The number of anilines is 1. The van der Waals surface area contributed by atoms with E-state index in [1.165, 1.54) is 25.1 Å². The van der Waals surface area contributed by atoms with E-state index >= 15 is 0 Å². The number of sulfonamides is 1. The van der Waals surface area contributed by atoms with Crippen molar-refractivity contribution in [2.75, 3.05) is 23.1 Å². The maximum Gasteiger partial charge on any atom is 0.234 e. The van der Waals surface area contributed by atoms with E-state index in [1.807, 2.05) is 0 Å². The lowest BCUT2D eigenvalue weighted by atomic mass is 10.3. The van der Waals surface area contributed by atoms with Gasteiger partial charge in [-0.2, -0.15) is 0 Å². The van der Waals surface area contributed by atoms with Gasteiger partial charge in [0.25, 0.3) is 0 Å². The first-order valence-electron chi connectivity index (χ1n) is 5.48. The van der Waals surface area contributed by atoms with Gasteiger partial charge >= 0.3 is 0 Å². The zero-order valence-electron chi connectivity index (χ0n) is 9.77. The lowest BCUT2D eigenvalue weighted by molar-refractivity contribution is 0.584. The minimum atomic E-state index is -3.47. The summed E-state index contributed by atoms with van der Waals surface area (Å²) in [6, 6.07) is 5.84. The summed E-state index contributed by atoms with van der Waals surface area (Å²) in [5, 5.41) is 0. The Hall–Kier alpha value is -1.14. The normalized spacial score (nSPS) is 11.5. The van der Waals surface area contributed by atoms with Gasteiger partial charge in [0.15, 0.2) is 0 Å². The maximum absolute atomic E-state index is 13.6. The van der Waals surface area contributed by atoms with Crippen LogP contribution in [0.15, 0.2) is 24.3 Å². The van der Waals surface area contributed by atoms with Crippen LogP contribution in [0.3, 0.4) is 0 Å². The molecule has 0 saturated carbocycles. The number of nitrogens with two attached hydrogens (primary N) is 1. The van der Waals surface area contributed by atoms with E-state index in [0.717, 1.165) is 4.31 Å². The van der Waals surface area contributed by atoms with Crippen molar-refractivity contribution in [3.63, 3.8) is 0 Å². The maximum atomic E-state index is 13.6. The molecule has 0 aliphatic heterocycles. The molecule has 96 valence electrons. The predicted molar refractivity (Wildman–Crippen MR) is 66.9 cm³/mol. The van der Waals surface area contributed by atoms with Crippen LogP contribution in [0.25, 0.3) is 0 Å². The van der Waals surface area contributed by atoms with Crippen molar-refractivity contribution >= 4 is 15.7 Å². The lowest BCUT2D eigenvalue weighted by Gasteiger charge is -2.23. The minimum absolute atomic E-state index is 0.0636. The first kappa shape index (κ1) is 13.9. The molecule has 0 atom stereocenters. The van der Waals surface area contributed by atoms with Crippen molar-refractivity contribution in [2.24, 2.45) is 5.73 Å². The third kappa shape index (κ3) is 3.41. The van der Waals surface area contributed by atoms with E-state index in [0.29, 0.717) is 13.0 Å². The van der Waals surface area contributed by atoms with Crippen LogP contribution in [0, 0.1) is 5.82 Å². The number of benzene rings is 1. The van der Waals surface area contributed by atoms with Crippen LogP contribution in [0.5, 0.6) is 0 Å². The van der Waals surface area contributed by atoms with Crippen LogP contribution in [0.2, 0.25) is 0 Å². The number of nitrogens with zero attached hydrogens (tertiary/aromatic N) is 1. The van der Waals surface area contributed by atoms with Gasteiger partial charge in [0, 0.05) is 6.54 Å². The van der Waals surface area contributed by atoms with Crippen LogP contribution < -0.4 is 10.0 Å². The van der Waals surface area contributed by atoms with Crippen molar-refractivity contribution in [3.8, 4) is 0 Å². The number of halogens is 1. The average molecular weight is 260 g/mol. The summed E-state index contributed by atoms with van der Waals surface area (Å²) in [6.45, 7) is 2.10. The van der Waals surface area contributed by atoms with E-state index < -0.39 is 15.8 Å². The molecule has 0 spiro atoms. The van der Waals surface area contributed by atoms with E-state index in [4.69, 9.17) is 5.73 Å². The molecular weight excluding hydrogens is 243 g/mol. The average Bonchev–Trinajstić information content (AvgIpc) is 2.31. The van der Waals surface area contributed by atoms with Gasteiger partial charge in [-0.1, -0.05) is 12.1 Å². The second-order valence-corrected chi connectivity index (χ2v) is 5.75. The monoisotopic (exact) mass is 260 g/mol. The molecule has 1 rings (SSSR count). The molecule has 0 fully saturated rings. The third-order valence-corrected chi connectivity index (χ3v) is 4.17. The largest absolute Gasteiger partial charge is 0.330 e. The molecule has 0 aromatic heterocycles. The number of hydrogen-bond acceptors (Lipinski definition) is 3. The number of hydrogen-bond donors (Lipinski definition) is 1. The Labute approximate surface area is 101 Å². The summed E-state index contributed by atoms with van der Waals surface area (Å²) in [7, 11) is -3.47. The molecule has 0 unspecified atom stereocenters. The second kappa shape index (κ2) is 5.97. The molecule has 1 aromatic rings. The van der Waals surface area contributed by atoms with Gasteiger partial charge in [-0.05, 0) is 32.0 Å². The van der Waals surface area contributed by atoms with Crippen molar-refractivity contribution in [3.05, 3.63) is 30.1 Å². The van der Waals surface area contributed by atoms with E-state index in [2.05, 4.69) is 0 Å². The summed E-state index contributed by atoms with van der Waals surface area (Å²) < 4.78 is 38.4. The number of rotatable bonds is 6. The van der Waals surface area contributed by atoms with Gasteiger partial charge in [-0.3, -0.25) is 4.31 Å². The fraction of sp³-hybridized carbons (Fsp3) is 0.455.